The molecule has 0 amide bonds. The lowest BCUT2D eigenvalue weighted by molar-refractivity contribution is 0.466. The van der Waals surface area contributed by atoms with Gasteiger partial charge in [0.2, 0.25) is 0 Å². The molecule has 0 fully saturated rings. The van der Waals surface area contributed by atoms with E-state index >= 15 is 0 Å². The quantitative estimate of drug-likeness (QED) is 0.687. The fourth-order valence-corrected chi connectivity index (χ4v) is 2.64. The maximum atomic E-state index is 9.49. The van der Waals surface area contributed by atoms with E-state index in [4.69, 9.17) is 5.73 Å². The summed E-state index contributed by atoms with van der Waals surface area (Å²) in [7, 11) is 0. The lowest BCUT2D eigenvalue weighted by Crippen LogP contribution is -2.15. The minimum atomic E-state index is 0.413. The first kappa shape index (κ1) is 7.95. The van der Waals surface area contributed by atoms with Gasteiger partial charge >= 0.3 is 0 Å². The summed E-state index contributed by atoms with van der Waals surface area (Å²) in [5.74, 6) is 0.413. The molecule has 0 saturated carbocycles. The van der Waals surface area contributed by atoms with Gasteiger partial charge < -0.3 is 10.8 Å². The Morgan fingerprint density at radius 2 is 2.42 bits per heavy atom. The van der Waals surface area contributed by atoms with Crippen LogP contribution in [0.1, 0.15) is 5.56 Å². The minimum absolute atomic E-state index is 0.413. The molecule has 1 aliphatic rings. The van der Waals surface area contributed by atoms with Crippen LogP contribution in [-0.4, -0.2) is 16.9 Å². The number of hydrogen-bond donors (Lipinski definition) is 2. The maximum Gasteiger partial charge on any atom is 0.119 e. The van der Waals surface area contributed by atoms with Crippen molar-refractivity contribution in [2.45, 2.75) is 16.6 Å². The number of phenolic OH excluding ortho intramolecular Hbond substituents is 1. The second kappa shape index (κ2) is 2.99. The predicted octanol–water partition coefficient (Wildman–Crippen LogP) is 1.37. The fourth-order valence-electron chi connectivity index (χ4n) is 1.45. The van der Waals surface area contributed by atoms with E-state index in [1.54, 1.807) is 17.8 Å². The van der Waals surface area contributed by atoms with Gasteiger partial charge in [-0.05, 0) is 18.6 Å². The van der Waals surface area contributed by atoms with Crippen LogP contribution in [0, 0.1) is 0 Å². The van der Waals surface area contributed by atoms with Gasteiger partial charge in [-0.3, -0.25) is 0 Å². The summed E-state index contributed by atoms with van der Waals surface area (Å²) in [6.45, 7) is 0.679. The fraction of sp³-hybridized carbons (Fsp3) is 0.333. The number of rotatable bonds is 1. The van der Waals surface area contributed by atoms with Crippen molar-refractivity contribution in [3.05, 3.63) is 23.8 Å². The van der Waals surface area contributed by atoms with Crippen LogP contribution in [0.25, 0.3) is 0 Å². The number of hydrogen-bond acceptors (Lipinski definition) is 3. The van der Waals surface area contributed by atoms with E-state index < -0.39 is 0 Å². The molecule has 2 nitrogen and oxygen atoms in total. The lowest BCUT2D eigenvalue weighted by Gasteiger charge is -2.00. The van der Waals surface area contributed by atoms with Gasteiger partial charge in [-0.25, -0.2) is 0 Å². The molecule has 3 heteroatoms. The Bertz CT molecular complexity index is 301. The molecule has 1 aromatic carbocycles. The SMILES string of the molecule is NCC1Cc2c(O)cccc2S1. The molecule has 1 aliphatic heterocycles. The molecule has 0 radical (unpaired) electrons. The zero-order chi connectivity index (χ0) is 8.55. The van der Waals surface area contributed by atoms with Crippen molar-refractivity contribution in [3.8, 4) is 5.75 Å². The average molecular weight is 181 g/mol. The number of thioether (sulfide) groups is 1. The van der Waals surface area contributed by atoms with E-state index in [-0.39, 0.29) is 0 Å². The molecule has 1 heterocycles. The van der Waals surface area contributed by atoms with Crippen LogP contribution in [0.3, 0.4) is 0 Å². The Morgan fingerprint density at radius 1 is 1.58 bits per heavy atom. The highest BCUT2D eigenvalue weighted by molar-refractivity contribution is 8.00. The molecule has 0 spiro atoms. The number of nitrogens with two attached hydrogens (primary N) is 1. The van der Waals surface area contributed by atoms with Gasteiger partial charge in [0.15, 0.2) is 0 Å². The van der Waals surface area contributed by atoms with Crippen LogP contribution in [-0.2, 0) is 6.42 Å². The first-order valence-corrected chi connectivity index (χ1v) is 4.87. The van der Waals surface area contributed by atoms with Crippen LogP contribution in [0.4, 0.5) is 0 Å². The van der Waals surface area contributed by atoms with Gasteiger partial charge in [-0.15, -0.1) is 11.8 Å². The van der Waals surface area contributed by atoms with Crippen molar-refractivity contribution in [3.63, 3.8) is 0 Å². The molecule has 2 rings (SSSR count). The standard InChI is InChI=1S/C9H11NOS/c10-5-6-4-7-8(11)2-1-3-9(7)12-6/h1-3,6,11H,4-5,10H2. The van der Waals surface area contributed by atoms with Crippen molar-refractivity contribution in [1.29, 1.82) is 0 Å². The Labute approximate surface area is 75.8 Å². The van der Waals surface area contributed by atoms with Crippen LogP contribution < -0.4 is 5.73 Å². The molecule has 0 aromatic heterocycles. The molecule has 0 bridgehead atoms. The van der Waals surface area contributed by atoms with Crippen molar-refractivity contribution in [1.82, 2.24) is 0 Å². The van der Waals surface area contributed by atoms with Gasteiger partial charge in [0, 0.05) is 22.3 Å². The normalized spacial score (nSPS) is 20.9. The third-order valence-corrected chi connectivity index (χ3v) is 3.43. The Kier molecular flexibility index (Phi) is 1.98. The van der Waals surface area contributed by atoms with Gasteiger partial charge in [0.25, 0.3) is 0 Å². The highest BCUT2D eigenvalue weighted by Crippen LogP contribution is 2.40. The summed E-state index contributed by atoms with van der Waals surface area (Å²) in [6, 6.07) is 5.65. The zero-order valence-corrected chi connectivity index (χ0v) is 7.47. The molecule has 1 aromatic rings. The third kappa shape index (κ3) is 1.19. The van der Waals surface area contributed by atoms with E-state index in [0.29, 0.717) is 17.5 Å². The Balaban J connectivity index is 2.35. The van der Waals surface area contributed by atoms with Gasteiger partial charge in [-0.1, -0.05) is 6.07 Å². The highest BCUT2D eigenvalue weighted by atomic mass is 32.2. The molecule has 0 aliphatic carbocycles. The summed E-state index contributed by atoms with van der Waals surface area (Å²) in [6.07, 6.45) is 0.906. The number of fused-ring (bicyclic) bond motifs is 1. The number of aromatic hydroxyl groups is 1. The number of benzene rings is 1. The third-order valence-electron chi connectivity index (χ3n) is 2.10. The largest absolute Gasteiger partial charge is 0.508 e. The molecule has 3 N–H and O–H groups in total. The second-order valence-electron chi connectivity index (χ2n) is 2.93. The lowest BCUT2D eigenvalue weighted by atomic mass is 10.1. The Hall–Kier alpha value is -0.670. The first-order chi connectivity index (χ1) is 5.81. The van der Waals surface area contributed by atoms with E-state index in [1.807, 2.05) is 12.1 Å². The molecule has 1 unspecified atom stereocenters. The summed E-state index contributed by atoms with van der Waals surface area (Å²) >= 11 is 1.77. The predicted molar refractivity (Wildman–Crippen MR) is 50.5 cm³/mol. The van der Waals surface area contributed by atoms with E-state index in [9.17, 15) is 5.11 Å². The van der Waals surface area contributed by atoms with Gasteiger partial charge in [-0.2, -0.15) is 0 Å². The Morgan fingerprint density at radius 3 is 3.08 bits per heavy atom. The summed E-state index contributed by atoms with van der Waals surface area (Å²) in [4.78, 5) is 1.19. The topological polar surface area (TPSA) is 46.2 Å². The second-order valence-corrected chi connectivity index (χ2v) is 4.28. The molecule has 12 heavy (non-hydrogen) atoms. The van der Waals surface area contributed by atoms with Crippen LogP contribution in [0.15, 0.2) is 23.1 Å². The highest BCUT2D eigenvalue weighted by Gasteiger charge is 2.22. The summed E-state index contributed by atoms with van der Waals surface area (Å²) < 4.78 is 0. The molecule has 1 atom stereocenters. The van der Waals surface area contributed by atoms with Crippen molar-refractivity contribution in [2.75, 3.05) is 6.54 Å². The monoisotopic (exact) mass is 181 g/mol. The molecular weight excluding hydrogens is 170 g/mol. The van der Waals surface area contributed by atoms with E-state index in [2.05, 4.69) is 0 Å². The maximum absolute atomic E-state index is 9.49. The van der Waals surface area contributed by atoms with Crippen molar-refractivity contribution < 1.29 is 5.11 Å². The van der Waals surface area contributed by atoms with Crippen LogP contribution >= 0.6 is 11.8 Å². The molecular formula is C9H11NOS. The minimum Gasteiger partial charge on any atom is -0.508 e. The van der Waals surface area contributed by atoms with Gasteiger partial charge in [0.05, 0.1) is 0 Å². The van der Waals surface area contributed by atoms with Crippen LogP contribution in [0.5, 0.6) is 5.75 Å². The summed E-state index contributed by atoms with van der Waals surface area (Å²) in [5, 5.41) is 9.94. The first-order valence-electron chi connectivity index (χ1n) is 3.99. The molecule has 64 valence electrons. The number of phenols is 1. The molecule has 0 saturated heterocycles. The van der Waals surface area contributed by atoms with Crippen molar-refractivity contribution >= 4 is 11.8 Å². The van der Waals surface area contributed by atoms with Gasteiger partial charge in [0.1, 0.15) is 5.75 Å². The zero-order valence-electron chi connectivity index (χ0n) is 6.66. The smallest absolute Gasteiger partial charge is 0.119 e. The van der Waals surface area contributed by atoms with E-state index in [1.165, 1.54) is 4.90 Å². The summed E-state index contributed by atoms with van der Waals surface area (Å²) in [5.41, 5.74) is 6.63. The average Bonchev–Trinajstić information content (AvgIpc) is 2.49. The van der Waals surface area contributed by atoms with Crippen molar-refractivity contribution in [2.24, 2.45) is 5.73 Å². The van der Waals surface area contributed by atoms with Crippen LogP contribution in [0.2, 0.25) is 0 Å². The van der Waals surface area contributed by atoms with E-state index in [0.717, 1.165) is 12.0 Å².